The van der Waals surface area contributed by atoms with Crippen LogP contribution in [0.4, 0.5) is 0 Å². The number of carbonyl (C=O) groups is 1. The van der Waals surface area contributed by atoms with Crippen LogP contribution >= 0.6 is 15.9 Å². The molecule has 0 bridgehead atoms. The maximum absolute atomic E-state index is 12.4. The van der Waals surface area contributed by atoms with Gasteiger partial charge in [-0.15, -0.1) is 0 Å². The minimum absolute atomic E-state index is 0.133. The minimum atomic E-state index is -0.133. The average Bonchev–Trinajstić information content (AvgIpc) is 2.47. The summed E-state index contributed by atoms with van der Waals surface area (Å²) in [5.41, 5.74) is 2.51. The molecule has 21 heavy (non-hydrogen) atoms. The van der Waals surface area contributed by atoms with E-state index >= 15 is 0 Å². The Balaban J connectivity index is 2.22. The summed E-state index contributed by atoms with van der Waals surface area (Å²) in [6.45, 7) is 2.48. The Morgan fingerprint density at radius 3 is 2.81 bits per heavy atom. The molecule has 110 valence electrons. The summed E-state index contributed by atoms with van der Waals surface area (Å²) in [7, 11) is 3.39. The zero-order chi connectivity index (χ0) is 15.4. The molecule has 0 spiro atoms. The van der Waals surface area contributed by atoms with E-state index < -0.39 is 0 Å². The molecule has 0 aliphatic heterocycles. The topological polar surface area (TPSA) is 42.4 Å². The number of hydrogen-bond acceptors (Lipinski definition) is 3. The van der Waals surface area contributed by atoms with Gasteiger partial charge in [0.15, 0.2) is 0 Å². The van der Waals surface area contributed by atoms with Crippen LogP contribution in [0.3, 0.4) is 0 Å². The monoisotopic (exact) mass is 348 g/mol. The van der Waals surface area contributed by atoms with Crippen molar-refractivity contribution in [2.45, 2.75) is 13.5 Å². The maximum atomic E-state index is 12.4. The lowest BCUT2D eigenvalue weighted by atomic mass is 10.1. The lowest BCUT2D eigenvalue weighted by Gasteiger charge is -2.19. The largest absolute Gasteiger partial charge is 0.496 e. The van der Waals surface area contributed by atoms with Gasteiger partial charge in [-0.3, -0.25) is 4.79 Å². The molecule has 0 atom stereocenters. The van der Waals surface area contributed by atoms with E-state index in [0.717, 1.165) is 16.9 Å². The second-order valence-corrected chi connectivity index (χ2v) is 5.66. The van der Waals surface area contributed by atoms with Crippen molar-refractivity contribution in [2.75, 3.05) is 14.2 Å². The van der Waals surface area contributed by atoms with Gasteiger partial charge in [0.1, 0.15) is 11.4 Å². The lowest BCUT2D eigenvalue weighted by molar-refractivity contribution is 0.0777. The Hall–Kier alpha value is -1.88. The van der Waals surface area contributed by atoms with Gasteiger partial charge in [0, 0.05) is 29.8 Å². The zero-order valence-electron chi connectivity index (χ0n) is 12.3. The molecule has 1 amide bonds. The summed E-state index contributed by atoms with van der Waals surface area (Å²) in [5.74, 6) is 0.645. The fourth-order valence-electron chi connectivity index (χ4n) is 2.08. The van der Waals surface area contributed by atoms with Crippen LogP contribution < -0.4 is 4.74 Å². The number of benzene rings is 1. The molecule has 0 N–H and O–H groups in total. The second-order valence-electron chi connectivity index (χ2n) is 4.81. The van der Waals surface area contributed by atoms with E-state index in [0.29, 0.717) is 16.7 Å². The van der Waals surface area contributed by atoms with Gasteiger partial charge < -0.3 is 9.64 Å². The van der Waals surface area contributed by atoms with E-state index in [2.05, 4.69) is 20.9 Å². The number of ether oxygens (including phenoxy) is 1. The van der Waals surface area contributed by atoms with Crippen LogP contribution in [0.25, 0.3) is 0 Å². The molecule has 1 aromatic heterocycles. The molecule has 2 aromatic rings. The summed E-state index contributed by atoms with van der Waals surface area (Å²) in [4.78, 5) is 18.2. The number of methoxy groups -OCH3 is 1. The Bertz CT molecular complexity index is 658. The van der Waals surface area contributed by atoms with Crippen LogP contribution in [0, 0.1) is 6.92 Å². The van der Waals surface area contributed by atoms with Gasteiger partial charge >= 0.3 is 0 Å². The highest BCUT2D eigenvalue weighted by molar-refractivity contribution is 9.10. The summed E-state index contributed by atoms with van der Waals surface area (Å²) in [6, 6.07) is 9.51. The van der Waals surface area contributed by atoms with E-state index in [1.54, 1.807) is 37.4 Å². The van der Waals surface area contributed by atoms with Crippen LogP contribution in [-0.2, 0) is 6.54 Å². The molecular weight excluding hydrogens is 332 g/mol. The number of amides is 1. The van der Waals surface area contributed by atoms with Crippen LogP contribution in [-0.4, -0.2) is 29.9 Å². The Labute approximate surface area is 132 Å². The fourth-order valence-corrected chi connectivity index (χ4v) is 2.51. The van der Waals surface area contributed by atoms with Crippen molar-refractivity contribution in [1.29, 1.82) is 0 Å². The van der Waals surface area contributed by atoms with Gasteiger partial charge in [-0.25, -0.2) is 4.98 Å². The quantitative estimate of drug-likeness (QED) is 0.849. The predicted molar refractivity (Wildman–Crippen MR) is 85.5 cm³/mol. The second kappa shape index (κ2) is 6.72. The average molecular weight is 349 g/mol. The molecule has 0 fully saturated rings. The number of pyridine rings is 1. The van der Waals surface area contributed by atoms with Gasteiger partial charge in [-0.2, -0.15) is 0 Å². The minimum Gasteiger partial charge on any atom is -0.496 e. The van der Waals surface area contributed by atoms with Crippen LogP contribution in [0.15, 0.2) is 41.0 Å². The first-order valence-corrected chi connectivity index (χ1v) is 7.31. The van der Waals surface area contributed by atoms with E-state index in [-0.39, 0.29) is 5.91 Å². The van der Waals surface area contributed by atoms with Gasteiger partial charge in [-0.05, 0) is 41.1 Å². The number of aryl methyl sites for hydroxylation is 1. The summed E-state index contributed by atoms with van der Waals surface area (Å²) in [5, 5.41) is 0. The molecule has 5 heteroatoms. The molecule has 0 saturated carbocycles. The van der Waals surface area contributed by atoms with Gasteiger partial charge in [-0.1, -0.05) is 17.7 Å². The van der Waals surface area contributed by atoms with Crippen molar-refractivity contribution in [3.05, 3.63) is 57.8 Å². The van der Waals surface area contributed by atoms with Gasteiger partial charge in [0.05, 0.1) is 7.11 Å². The Kier molecular flexibility index (Phi) is 4.96. The molecule has 1 aromatic carbocycles. The summed E-state index contributed by atoms with van der Waals surface area (Å²) < 4.78 is 6.04. The summed E-state index contributed by atoms with van der Waals surface area (Å²) >= 11 is 3.36. The number of carbonyl (C=O) groups excluding carboxylic acids is 1. The van der Waals surface area contributed by atoms with Crippen molar-refractivity contribution >= 4 is 21.8 Å². The number of aromatic nitrogens is 1. The van der Waals surface area contributed by atoms with Gasteiger partial charge in [0.25, 0.3) is 5.91 Å². The highest BCUT2D eigenvalue weighted by atomic mass is 79.9. The molecule has 4 nitrogen and oxygen atoms in total. The molecule has 0 saturated heterocycles. The number of nitrogens with zero attached hydrogens (tertiary/aromatic N) is 2. The molecule has 0 unspecified atom stereocenters. The van der Waals surface area contributed by atoms with Crippen LogP contribution in [0.5, 0.6) is 5.75 Å². The summed E-state index contributed by atoms with van der Waals surface area (Å²) in [6.07, 6.45) is 1.61. The van der Waals surface area contributed by atoms with E-state index in [9.17, 15) is 4.79 Å². The molecule has 0 aliphatic carbocycles. The first-order valence-electron chi connectivity index (χ1n) is 6.52. The lowest BCUT2D eigenvalue weighted by Crippen LogP contribution is -2.27. The molecule has 0 aliphatic rings. The van der Waals surface area contributed by atoms with Gasteiger partial charge in [0.2, 0.25) is 0 Å². The highest BCUT2D eigenvalue weighted by Crippen LogP contribution is 2.22. The predicted octanol–water partition coefficient (Wildman–Crippen LogP) is 3.43. The SMILES string of the molecule is COc1ccc(C)cc1CN(C)C(=O)c1ncccc1Br. The number of halogens is 1. The fraction of sp³-hybridized carbons (Fsp3) is 0.250. The Morgan fingerprint density at radius 1 is 1.38 bits per heavy atom. The van der Waals surface area contributed by atoms with Crippen LogP contribution in [0.2, 0.25) is 0 Å². The molecular formula is C16H17BrN2O2. The highest BCUT2D eigenvalue weighted by Gasteiger charge is 2.17. The van der Waals surface area contributed by atoms with Crippen molar-refractivity contribution in [3.8, 4) is 5.75 Å². The smallest absolute Gasteiger partial charge is 0.273 e. The zero-order valence-corrected chi connectivity index (χ0v) is 13.8. The standard InChI is InChI=1S/C16H17BrN2O2/c1-11-6-7-14(21-3)12(9-11)10-19(2)16(20)15-13(17)5-4-8-18-15/h4-9H,10H2,1-3H3. The van der Waals surface area contributed by atoms with E-state index in [1.165, 1.54) is 0 Å². The van der Waals surface area contributed by atoms with Crippen molar-refractivity contribution in [1.82, 2.24) is 9.88 Å². The third-order valence-electron chi connectivity index (χ3n) is 3.15. The van der Waals surface area contributed by atoms with E-state index in [4.69, 9.17) is 4.74 Å². The molecule has 2 rings (SSSR count). The van der Waals surface area contributed by atoms with Crippen molar-refractivity contribution < 1.29 is 9.53 Å². The first kappa shape index (κ1) is 15.5. The molecule has 1 heterocycles. The third-order valence-corrected chi connectivity index (χ3v) is 3.79. The first-order chi connectivity index (χ1) is 10.0. The van der Waals surface area contributed by atoms with Crippen molar-refractivity contribution in [2.24, 2.45) is 0 Å². The van der Waals surface area contributed by atoms with E-state index in [1.807, 2.05) is 25.1 Å². The Morgan fingerprint density at radius 2 is 2.14 bits per heavy atom. The third kappa shape index (κ3) is 3.61. The normalized spacial score (nSPS) is 10.3. The van der Waals surface area contributed by atoms with Crippen LogP contribution in [0.1, 0.15) is 21.6 Å². The maximum Gasteiger partial charge on any atom is 0.273 e. The number of rotatable bonds is 4. The number of hydrogen-bond donors (Lipinski definition) is 0. The molecule has 0 radical (unpaired) electrons. The van der Waals surface area contributed by atoms with Crippen molar-refractivity contribution in [3.63, 3.8) is 0 Å².